The standard InChI is InChI=1S/C13H16O3/c1-5-6-11(14)10-8-12(15-3)9(2)7-13(10)16-4/h5-8H,1-4H3/b6-5+. The van der Waals surface area contributed by atoms with Crippen LogP contribution in [-0.4, -0.2) is 20.0 Å². The molecule has 0 fully saturated rings. The number of carbonyl (C=O) groups is 1. The van der Waals surface area contributed by atoms with E-state index < -0.39 is 0 Å². The smallest absolute Gasteiger partial charge is 0.189 e. The molecule has 0 N–H and O–H groups in total. The van der Waals surface area contributed by atoms with Gasteiger partial charge in [0.25, 0.3) is 0 Å². The molecule has 16 heavy (non-hydrogen) atoms. The number of benzene rings is 1. The molecular formula is C13H16O3. The van der Waals surface area contributed by atoms with Crippen LogP contribution < -0.4 is 9.47 Å². The fourth-order valence-corrected chi connectivity index (χ4v) is 1.48. The zero-order valence-corrected chi connectivity index (χ0v) is 10.0. The fraction of sp³-hybridized carbons (Fsp3) is 0.308. The number of methoxy groups -OCH3 is 2. The van der Waals surface area contributed by atoms with Gasteiger partial charge in [0.2, 0.25) is 0 Å². The molecule has 0 saturated heterocycles. The minimum absolute atomic E-state index is 0.0855. The highest BCUT2D eigenvalue weighted by Gasteiger charge is 2.13. The third-order valence-corrected chi connectivity index (χ3v) is 2.30. The topological polar surface area (TPSA) is 35.5 Å². The average Bonchev–Trinajstić information content (AvgIpc) is 2.28. The summed E-state index contributed by atoms with van der Waals surface area (Å²) in [5, 5.41) is 0. The van der Waals surface area contributed by atoms with Gasteiger partial charge in [0.05, 0.1) is 19.8 Å². The minimum Gasteiger partial charge on any atom is -0.496 e. The molecule has 0 aliphatic carbocycles. The van der Waals surface area contributed by atoms with Crippen LogP contribution in [-0.2, 0) is 0 Å². The monoisotopic (exact) mass is 220 g/mol. The highest BCUT2D eigenvalue weighted by Crippen LogP contribution is 2.28. The number of carbonyl (C=O) groups excluding carboxylic acids is 1. The van der Waals surface area contributed by atoms with Crippen LogP contribution >= 0.6 is 0 Å². The predicted molar refractivity (Wildman–Crippen MR) is 63.4 cm³/mol. The Morgan fingerprint density at radius 3 is 2.31 bits per heavy atom. The van der Waals surface area contributed by atoms with E-state index in [4.69, 9.17) is 9.47 Å². The van der Waals surface area contributed by atoms with Crippen molar-refractivity contribution in [1.82, 2.24) is 0 Å². The Morgan fingerprint density at radius 2 is 1.81 bits per heavy atom. The summed E-state index contributed by atoms with van der Waals surface area (Å²) < 4.78 is 10.4. The quantitative estimate of drug-likeness (QED) is 0.578. The highest BCUT2D eigenvalue weighted by atomic mass is 16.5. The first-order chi connectivity index (χ1) is 7.63. The van der Waals surface area contributed by atoms with E-state index in [1.165, 1.54) is 6.08 Å². The maximum atomic E-state index is 11.8. The van der Waals surface area contributed by atoms with Crippen molar-refractivity contribution in [1.29, 1.82) is 0 Å². The molecule has 0 heterocycles. The summed E-state index contributed by atoms with van der Waals surface area (Å²) in [6.07, 6.45) is 3.21. The number of hydrogen-bond donors (Lipinski definition) is 0. The van der Waals surface area contributed by atoms with Crippen molar-refractivity contribution >= 4 is 5.78 Å². The van der Waals surface area contributed by atoms with Crippen molar-refractivity contribution in [3.63, 3.8) is 0 Å². The van der Waals surface area contributed by atoms with E-state index in [0.29, 0.717) is 17.1 Å². The molecule has 0 bridgehead atoms. The van der Waals surface area contributed by atoms with E-state index in [9.17, 15) is 4.79 Å². The number of rotatable bonds is 4. The molecule has 3 heteroatoms. The van der Waals surface area contributed by atoms with Gasteiger partial charge in [0.15, 0.2) is 5.78 Å². The van der Waals surface area contributed by atoms with E-state index >= 15 is 0 Å². The van der Waals surface area contributed by atoms with Crippen molar-refractivity contribution < 1.29 is 14.3 Å². The first-order valence-corrected chi connectivity index (χ1v) is 5.03. The zero-order chi connectivity index (χ0) is 12.1. The van der Waals surface area contributed by atoms with Crippen LogP contribution in [0, 0.1) is 6.92 Å². The van der Waals surface area contributed by atoms with Crippen molar-refractivity contribution in [2.45, 2.75) is 13.8 Å². The lowest BCUT2D eigenvalue weighted by molar-refractivity contribution is 0.104. The molecule has 0 aromatic heterocycles. The van der Waals surface area contributed by atoms with Crippen LogP contribution in [0.1, 0.15) is 22.8 Å². The Hall–Kier alpha value is -1.77. The van der Waals surface area contributed by atoms with Crippen molar-refractivity contribution in [3.05, 3.63) is 35.4 Å². The first kappa shape index (κ1) is 12.3. The largest absolute Gasteiger partial charge is 0.496 e. The Bertz CT molecular complexity index is 419. The zero-order valence-electron chi connectivity index (χ0n) is 10.0. The van der Waals surface area contributed by atoms with E-state index in [1.807, 2.05) is 6.92 Å². The van der Waals surface area contributed by atoms with Crippen LogP contribution in [0.15, 0.2) is 24.3 Å². The molecule has 0 unspecified atom stereocenters. The maximum absolute atomic E-state index is 11.8. The molecule has 0 aliphatic rings. The van der Waals surface area contributed by atoms with E-state index in [0.717, 1.165) is 5.56 Å². The van der Waals surface area contributed by atoms with Crippen molar-refractivity contribution in [3.8, 4) is 11.5 Å². The van der Waals surface area contributed by atoms with Crippen molar-refractivity contribution in [2.24, 2.45) is 0 Å². The molecule has 0 saturated carbocycles. The Labute approximate surface area is 95.7 Å². The van der Waals surface area contributed by atoms with E-state index in [-0.39, 0.29) is 5.78 Å². The number of allylic oxidation sites excluding steroid dienone is 2. The van der Waals surface area contributed by atoms with Crippen molar-refractivity contribution in [2.75, 3.05) is 14.2 Å². The van der Waals surface area contributed by atoms with Crippen LogP contribution in [0.3, 0.4) is 0 Å². The number of ketones is 1. The molecule has 1 aromatic rings. The first-order valence-electron chi connectivity index (χ1n) is 5.03. The van der Waals surface area contributed by atoms with Gasteiger partial charge in [0.1, 0.15) is 11.5 Å². The molecule has 3 nitrogen and oxygen atoms in total. The van der Waals surface area contributed by atoms with E-state index in [1.54, 1.807) is 39.4 Å². The SMILES string of the molecule is C/C=C/C(=O)c1cc(OC)c(C)cc1OC. The normalized spacial score (nSPS) is 10.5. The summed E-state index contributed by atoms with van der Waals surface area (Å²) in [7, 11) is 3.13. The van der Waals surface area contributed by atoms with Crippen LogP contribution in [0.25, 0.3) is 0 Å². The molecule has 0 atom stereocenters. The molecule has 1 rings (SSSR count). The van der Waals surface area contributed by atoms with Crippen LogP contribution in [0.4, 0.5) is 0 Å². The molecule has 86 valence electrons. The second kappa shape index (κ2) is 5.35. The molecule has 0 radical (unpaired) electrons. The third-order valence-electron chi connectivity index (χ3n) is 2.30. The van der Waals surface area contributed by atoms with Crippen LogP contribution in [0.5, 0.6) is 11.5 Å². The van der Waals surface area contributed by atoms with Gasteiger partial charge >= 0.3 is 0 Å². The summed E-state index contributed by atoms with van der Waals surface area (Å²) in [6, 6.07) is 3.51. The summed E-state index contributed by atoms with van der Waals surface area (Å²) >= 11 is 0. The van der Waals surface area contributed by atoms with Gasteiger partial charge in [-0.1, -0.05) is 6.08 Å². The average molecular weight is 220 g/mol. The summed E-state index contributed by atoms with van der Waals surface area (Å²) in [4.78, 5) is 11.8. The molecule has 1 aromatic carbocycles. The Balaban J connectivity index is 3.30. The molecule has 0 spiro atoms. The second-order valence-electron chi connectivity index (χ2n) is 3.39. The summed E-state index contributed by atoms with van der Waals surface area (Å²) in [5.74, 6) is 1.17. The Morgan fingerprint density at radius 1 is 1.19 bits per heavy atom. The lowest BCUT2D eigenvalue weighted by atomic mass is 10.1. The van der Waals surface area contributed by atoms with Gasteiger partial charge in [-0.3, -0.25) is 4.79 Å². The van der Waals surface area contributed by atoms with Gasteiger partial charge in [-0.2, -0.15) is 0 Å². The maximum Gasteiger partial charge on any atom is 0.189 e. The third kappa shape index (κ3) is 2.42. The molecule has 0 amide bonds. The van der Waals surface area contributed by atoms with Gasteiger partial charge < -0.3 is 9.47 Å². The van der Waals surface area contributed by atoms with Gasteiger partial charge in [-0.05, 0) is 37.6 Å². The van der Waals surface area contributed by atoms with E-state index in [2.05, 4.69) is 0 Å². The highest BCUT2D eigenvalue weighted by molar-refractivity contribution is 6.06. The molecule has 0 aliphatic heterocycles. The molecular weight excluding hydrogens is 204 g/mol. The minimum atomic E-state index is -0.0855. The number of aryl methyl sites for hydroxylation is 1. The number of hydrogen-bond acceptors (Lipinski definition) is 3. The summed E-state index contributed by atoms with van der Waals surface area (Å²) in [6.45, 7) is 3.71. The van der Waals surface area contributed by atoms with Gasteiger partial charge in [-0.15, -0.1) is 0 Å². The lowest BCUT2D eigenvalue weighted by Crippen LogP contribution is -2.01. The predicted octanol–water partition coefficient (Wildman–Crippen LogP) is 2.77. The lowest BCUT2D eigenvalue weighted by Gasteiger charge is -2.10. The summed E-state index contributed by atoms with van der Waals surface area (Å²) in [5.41, 5.74) is 1.46. The van der Waals surface area contributed by atoms with Gasteiger partial charge in [0, 0.05) is 0 Å². The fourth-order valence-electron chi connectivity index (χ4n) is 1.48. The Kier molecular flexibility index (Phi) is 4.11. The van der Waals surface area contributed by atoms with Gasteiger partial charge in [-0.25, -0.2) is 0 Å². The second-order valence-corrected chi connectivity index (χ2v) is 3.39. The van der Waals surface area contributed by atoms with Crippen LogP contribution in [0.2, 0.25) is 0 Å². The number of ether oxygens (including phenoxy) is 2.